The fourth-order valence-corrected chi connectivity index (χ4v) is 1.81. The van der Waals surface area contributed by atoms with Gasteiger partial charge in [0.05, 0.1) is 5.54 Å². The molecule has 1 aliphatic carbocycles. The van der Waals surface area contributed by atoms with Crippen LogP contribution in [-0.4, -0.2) is 23.5 Å². The lowest BCUT2D eigenvalue weighted by Gasteiger charge is -2.25. The van der Waals surface area contributed by atoms with Gasteiger partial charge in [0, 0.05) is 5.54 Å². The van der Waals surface area contributed by atoms with Gasteiger partial charge in [0.2, 0.25) is 5.91 Å². The molecule has 2 fully saturated rings. The molecular weight excluding hydrogens is 164 g/mol. The molecule has 2 N–H and O–H groups in total. The Hall–Kier alpha value is -0.570. The van der Waals surface area contributed by atoms with Crippen LogP contribution < -0.4 is 10.6 Å². The number of amides is 1. The summed E-state index contributed by atoms with van der Waals surface area (Å²) < 4.78 is 0. The Balaban J connectivity index is 1.95. The number of nitrogens with one attached hydrogen (secondary N) is 2. The quantitative estimate of drug-likeness (QED) is 0.663. The molecule has 0 aromatic rings. The van der Waals surface area contributed by atoms with Gasteiger partial charge in [-0.05, 0) is 46.1 Å². The summed E-state index contributed by atoms with van der Waals surface area (Å²) >= 11 is 0. The van der Waals surface area contributed by atoms with E-state index in [0.717, 1.165) is 32.2 Å². The van der Waals surface area contributed by atoms with E-state index in [2.05, 4.69) is 17.6 Å². The van der Waals surface area contributed by atoms with Gasteiger partial charge in [0.15, 0.2) is 0 Å². The Morgan fingerprint density at radius 2 is 2.00 bits per heavy atom. The van der Waals surface area contributed by atoms with Crippen LogP contribution in [0.4, 0.5) is 0 Å². The van der Waals surface area contributed by atoms with Crippen LogP contribution in [-0.2, 0) is 4.79 Å². The third kappa shape index (κ3) is 1.70. The number of rotatable bonds is 2. The molecule has 1 aliphatic heterocycles. The van der Waals surface area contributed by atoms with Crippen molar-refractivity contribution in [3.8, 4) is 0 Å². The molecule has 74 valence electrons. The third-order valence-electron chi connectivity index (χ3n) is 3.29. The highest BCUT2D eigenvalue weighted by Crippen LogP contribution is 2.35. The second-order valence-electron chi connectivity index (χ2n) is 4.88. The monoisotopic (exact) mass is 182 g/mol. The lowest BCUT2D eigenvalue weighted by Crippen LogP contribution is -2.53. The Morgan fingerprint density at radius 1 is 1.31 bits per heavy atom. The van der Waals surface area contributed by atoms with E-state index in [-0.39, 0.29) is 17.0 Å². The Bertz CT molecular complexity index is 227. The summed E-state index contributed by atoms with van der Waals surface area (Å²) in [6, 6.07) is 0. The zero-order valence-corrected chi connectivity index (χ0v) is 8.44. The molecule has 13 heavy (non-hydrogen) atoms. The molecule has 0 aromatic carbocycles. The molecule has 1 atom stereocenters. The van der Waals surface area contributed by atoms with E-state index in [1.54, 1.807) is 0 Å². The van der Waals surface area contributed by atoms with Crippen molar-refractivity contribution in [1.82, 2.24) is 10.6 Å². The van der Waals surface area contributed by atoms with Crippen molar-refractivity contribution in [2.75, 3.05) is 6.54 Å². The summed E-state index contributed by atoms with van der Waals surface area (Å²) in [6.07, 6.45) is 4.35. The first-order valence-electron chi connectivity index (χ1n) is 5.12. The Labute approximate surface area is 79.3 Å². The number of carbonyl (C=O) groups is 1. The van der Waals surface area contributed by atoms with Crippen molar-refractivity contribution in [3.63, 3.8) is 0 Å². The van der Waals surface area contributed by atoms with Crippen LogP contribution in [0.25, 0.3) is 0 Å². The van der Waals surface area contributed by atoms with E-state index in [1.165, 1.54) is 0 Å². The minimum Gasteiger partial charge on any atom is -0.349 e. The minimum absolute atomic E-state index is 0.115. The minimum atomic E-state index is -0.300. The van der Waals surface area contributed by atoms with Crippen LogP contribution in [0.3, 0.4) is 0 Å². The van der Waals surface area contributed by atoms with Crippen molar-refractivity contribution in [2.24, 2.45) is 0 Å². The molecule has 1 amide bonds. The summed E-state index contributed by atoms with van der Waals surface area (Å²) in [5, 5.41) is 6.38. The molecule has 1 saturated carbocycles. The fourth-order valence-electron chi connectivity index (χ4n) is 1.81. The molecule has 3 heteroatoms. The molecular formula is C10H18N2O. The largest absolute Gasteiger partial charge is 0.349 e. The first-order chi connectivity index (χ1) is 6.04. The van der Waals surface area contributed by atoms with Crippen molar-refractivity contribution in [2.45, 2.75) is 50.6 Å². The van der Waals surface area contributed by atoms with E-state index in [4.69, 9.17) is 0 Å². The average Bonchev–Trinajstić information content (AvgIpc) is 2.63. The third-order valence-corrected chi connectivity index (χ3v) is 3.29. The zero-order valence-electron chi connectivity index (χ0n) is 8.44. The normalized spacial score (nSPS) is 35.8. The highest BCUT2D eigenvalue weighted by atomic mass is 16.2. The lowest BCUT2D eigenvalue weighted by atomic mass is 9.99. The van der Waals surface area contributed by atoms with Gasteiger partial charge in [-0.1, -0.05) is 0 Å². The fraction of sp³-hybridized carbons (Fsp3) is 0.900. The summed E-state index contributed by atoms with van der Waals surface area (Å²) in [4.78, 5) is 11.8. The topological polar surface area (TPSA) is 41.1 Å². The van der Waals surface area contributed by atoms with Crippen molar-refractivity contribution >= 4 is 5.91 Å². The van der Waals surface area contributed by atoms with Crippen molar-refractivity contribution in [1.29, 1.82) is 0 Å². The molecule has 1 unspecified atom stereocenters. The average molecular weight is 182 g/mol. The first-order valence-corrected chi connectivity index (χ1v) is 5.12. The molecule has 0 radical (unpaired) electrons. The van der Waals surface area contributed by atoms with Gasteiger partial charge < -0.3 is 10.6 Å². The van der Waals surface area contributed by atoms with Gasteiger partial charge >= 0.3 is 0 Å². The Morgan fingerprint density at radius 3 is 2.46 bits per heavy atom. The molecule has 1 heterocycles. The summed E-state index contributed by atoms with van der Waals surface area (Å²) in [7, 11) is 0. The highest BCUT2D eigenvalue weighted by molar-refractivity contribution is 5.87. The van der Waals surface area contributed by atoms with Gasteiger partial charge in [-0.2, -0.15) is 0 Å². The molecule has 3 nitrogen and oxygen atoms in total. The zero-order chi connectivity index (χ0) is 9.53. The Kier molecular flexibility index (Phi) is 1.88. The van der Waals surface area contributed by atoms with Gasteiger partial charge in [-0.15, -0.1) is 0 Å². The molecule has 2 aliphatic rings. The maximum absolute atomic E-state index is 11.8. The van der Waals surface area contributed by atoms with Gasteiger partial charge in [-0.3, -0.25) is 4.79 Å². The summed E-state index contributed by atoms with van der Waals surface area (Å²) in [5.74, 6) is 0.185. The summed E-state index contributed by atoms with van der Waals surface area (Å²) in [5.41, 5.74) is -0.185. The van der Waals surface area contributed by atoms with Gasteiger partial charge in [0.1, 0.15) is 0 Å². The second kappa shape index (κ2) is 2.71. The molecule has 1 saturated heterocycles. The van der Waals surface area contributed by atoms with E-state index in [0.29, 0.717) is 0 Å². The van der Waals surface area contributed by atoms with Crippen LogP contribution >= 0.6 is 0 Å². The molecule has 0 bridgehead atoms. The molecule has 0 aromatic heterocycles. The van der Waals surface area contributed by atoms with Gasteiger partial charge in [0.25, 0.3) is 0 Å². The molecule has 0 spiro atoms. The second-order valence-corrected chi connectivity index (χ2v) is 4.88. The van der Waals surface area contributed by atoms with E-state index >= 15 is 0 Å². The van der Waals surface area contributed by atoms with Crippen molar-refractivity contribution < 1.29 is 4.79 Å². The van der Waals surface area contributed by atoms with Crippen molar-refractivity contribution in [3.05, 3.63) is 0 Å². The predicted octanol–water partition coefficient (Wildman–Crippen LogP) is 0.797. The van der Waals surface area contributed by atoms with E-state index in [1.807, 2.05) is 6.92 Å². The van der Waals surface area contributed by atoms with Crippen LogP contribution in [0, 0.1) is 0 Å². The first kappa shape index (κ1) is 9.00. The number of carbonyl (C=O) groups excluding carboxylic acids is 1. The standard InChI is InChI=1S/C10H18N2O/c1-9(5-6-9)12-8(13)10(2)4-3-7-11-10/h11H,3-7H2,1-2H3,(H,12,13). The maximum Gasteiger partial charge on any atom is 0.240 e. The summed E-state index contributed by atoms with van der Waals surface area (Å²) in [6.45, 7) is 5.09. The van der Waals surface area contributed by atoms with E-state index < -0.39 is 0 Å². The van der Waals surface area contributed by atoms with E-state index in [9.17, 15) is 4.79 Å². The predicted molar refractivity (Wildman–Crippen MR) is 51.4 cm³/mol. The van der Waals surface area contributed by atoms with Crippen LogP contribution in [0.15, 0.2) is 0 Å². The lowest BCUT2D eigenvalue weighted by molar-refractivity contribution is -0.127. The highest BCUT2D eigenvalue weighted by Gasteiger charge is 2.44. The van der Waals surface area contributed by atoms with Crippen LogP contribution in [0.5, 0.6) is 0 Å². The number of hydrogen-bond donors (Lipinski definition) is 2. The smallest absolute Gasteiger partial charge is 0.240 e. The molecule has 2 rings (SSSR count). The van der Waals surface area contributed by atoms with Gasteiger partial charge in [-0.25, -0.2) is 0 Å². The van der Waals surface area contributed by atoms with Crippen LogP contribution in [0.1, 0.15) is 39.5 Å². The SMILES string of the molecule is CC1(NC(=O)C2(C)CCCN2)CC1. The number of hydrogen-bond acceptors (Lipinski definition) is 2. The van der Waals surface area contributed by atoms with Crippen LogP contribution in [0.2, 0.25) is 0 Å². The maximum atomic E-state index is 11.8.